The molecule has 1 atom stereocenters. The molecule has 0 aromatic carbocycles. The summed E-state index contributed by atoms with van der Waals surface area (Å²) < 4.78 is 0. The van der Waals surface area contributed by atoms with Gasteiger partial charge in [-0.05, 0) is 18.9 Å². The van der Waals surface area contributed by atoms with E-state index in [9.17, 15) is 4.79 Å². The molecule has 3 heteroatoms. The van der Waals surface area contributed by atoms with Gasteiger partial charge in [-0.2, -0.15) is 0 Å². The number of hydrogen-bond acceptors (Lipinski definition) is 2. The van der Waals surface area contributed by atoms with E-state index in [0.29, 0.717) is 11.5 Å². The molecule has 72 valence electrons. The summed E-state index contributed by atoms with van der Waals surface area (Å²) in [5.41, 5.74) is 7.15. The minimum atomic E-state index is -0.204. The molecule has 0 bridgehead atoms. The first kappa shape index (κ1) is 9.99. The van der Waals surface area contributed by atoms with E-state index in [2.05, 4.69) is 4.98 Å². The molecule has 3 nitrogen and oxygen atoms in total. The summed E-state index contributed by atoms with van der Waals surface area (Å²) in [5, 5.41) is 0. The number of nitrogens with one attached hydrogen (secondary N) is 1. The summed E-state index contributed by atoms with van der Waals surface area (Å²) in [6.45, 7) is 5.88. The second kappa shape index (κ2) is 3.75. The van der Waals surface area contributed by atoms with Crippen LogP contribution in [0.2, 0.25) is 0 Å². The van der Waals surface area contributed by atoms with Gasteiger partial charge in [0.2, 0.25) is 0 Å². The molecule has 13 heavy (non-hydrogen) atoms. The summed E-state index contributed by atoms with van der Waals surface area (Å²) in [4.78, 5) is 14.3. The maximum absolute atomic E-state index is 11.5. The lowest BCUT2D eigenvalue weighted by Gasteiger charge is -2.08. The molecule has 3 N–H and O–H groups in total. The van der Waals surface area contributed by atoms with Crippen LogP contribution < -0.4 is 11.3 Å². The van der Waals surface area contributed by atoms with E-state index in [-0.39, 0.29) is 11.6 Å². The third-order valence-electron chi connectivity index (χ3n) is 2.08. The minimum absolute atomic E-state index is 0.0683. The summed E-state index contributed by atoms with van der Waals surface area (Å²) in [6, 6.07) is 3.52. The van der Waals surface area contributed by atoms with Crippen LogP contribution in [0.4, 0.5) is 0 Å². The maximum atomic E-state index is 11.5. The molecule has 0 amide bonds. The highest BCUT2D eigenvalue weighted by atomic mass is 16.1. The Hall–Kier alpha value is -1.09. The number of H-pyrrole nitrogens is 1. The molecule has 0 spiro atoms. The first-order valence-corrected chi connectivity index (χ1v) is 4.51. The molecule has 1 aromatic rings. The fourth-order valence-electron chi connectivity index (χ4n) is 1.20. The van der Waals surface area contributed by atoms with E-state index in [1.54, 1.807) is 13.0 Å². The lowest BCUT2D eigenvalue weighted by Crippen LogP contribution is -2.20. The predicted octanol–water partition coefficient (Wildman–Crippen LogP) is 1.52. The van der Waals surface area contributed by atoms with Crippen LogP contribution in [0, 0.1) is 0 Å². The van der Waals surface area contributed by atoms with Gasteiger partial charge in [0.25, 0.3) is 5.56 Å². The van der Waals surface area contributed by atoms with Gasteiger partial charge in [0.1, 0.15) is 0 Å². The molecule has 1 aromatic heterocycles. The molecule has 0 aliphatic heterocycles. The molecule has 1 rings (SSSR count). The predicted molar refractivity (Wildman–Crippen MR) is 53.8 cm³/mol. The molecular formula is C10H16N2O. The maximum Gasteiger partial charge on any atom is 0.252 e. The Kier molecular flexibility index (Phi) is 2.88. The molecule has 0 aliphatic rings. The number of hydrogen-bond donors (Lipinski definition) is 2. The van der Waals surface area contributed by atoms with Crippen molar-refractivity contribution in [3.05, 3.63) is 33.7 Å². The van der Waals surface area contributed by atoms with Crippen LogP contribution >= 0.6 is 0 Å². The SMILES string of the molecule is CC(C)c1ccc(C(C)N)c(=O)[nH]1. The van der Waals surface area contributed by atoms with E-state index in [1.807, 2.05) is 19.9 Å². The van der Waals surface area contributed by atoms with Gasteiger partial charge in [-0.3, -0.25) is 4.79 Å². The first-order chi connectivity index (χ1) is 6.02. The first-order valence-electron chi connectivity index (χ1n) is 4.51. The third kappa shape index (κ3) is 2.18. The molecule has 0 radical (unpaired) electrons. The van der Waals surface area contributed by atoms with E-state index in [0.717, 1.165) is 5.69 Å². The van der Waals surface area contributed by atoms with Gasteiger partial charge in [0, 0.05) is 17.3 Å². The quantitative estimate of drug-likeness (QED) is 0.725. The van der Waals surface area contributed by atoms with Crippen LogP contribution in [0.5, 0.6) is 0 Å². The number of nitrogens with two attached hydrogens (primary N) is 1. The highest BCUT2D eigenvalue weighted by Crippen LogP contribution is 2.10. The fraction of sp³-hybridized carbons (Fsp3) is 0.500. The van der Waals surface area contributed by atoms with Crippen LogP contribution in [0.15, 0.2) is 16.9 Å². The van der Waals surface area contributed by atoms with Crippen molar-refractivity contribution in [3.63, 3.8) is 0 Å². The number of rotatable bonds is 2. The van der Waals surface area contributed by atoms with Crippen molar-refractivity contribution in [3.8, 4) is 0 Å². The van der Waals surface area contributed by atoms with E-state index in [1.165, 1.54) is 0 Å². The average Bonchev–Trinajstić information content (AvgIpc) is 2.03. The Balaban J connectivity index is 3.14. The zero-order valence-corrected chi connectivity index (χ0v) is 8.29. The molecule has 1 unspecified atom stereocenters. The van der Waals surface area contributed by atoms with Crippen molar-refractivity contribution < 1.29 is 0 Å². The summed E-state index contributed by atoms with van der Waals surface area (Å²) >= 11 is 0. The molecule has 0 saturated heterocycles. The van der Waals surface area contributed by atoms with Gasteiger partial charge >= 0.3 is 0 Å². The van der Waals surface area contributed by atoms with Gasteiger partial charge in [0.05, 0.1) is 0 Å². The molecule has 0 saturated carbocycles. The van der Waals surface area contributed by atoms with Gasteiger partial charge in [-0.1, -0.05) is 19.9 Å². The highest BCUT2D eigenvalue weighted by molar-refractivity contribution is 5.18. The summed E-state index contributed by atoms with van der Waals surface area (Å²) in [7, 11) is 0. The Bertz CT molecular complexity index is 339. The van der Waals surface area contributed by atoms with Crippen molar-refractivity contribution in [2.24, 2.45) is 5.73 Å². The second-order valence-corrected chi connectivity index (χ2v) is 3.64. The fourth-order valence-corrected chi connectivity index (χ4v) is 1.20. The molecular weight excluding hydrogens is 164 g/mol. The normalized spacial score (nSPS) is 13.3. The monoisotopic (exact) mass is 180 g/mol. The lowest BCUT2D eigenvalue weighted by atomic mass is 10.1. The Morgan fingerprint density at radius 1 is 1.31 bits per heavy atom. The van der Waals surface area contributed by atoms with Gasteiger partial charge in [-0.15, -0.1) is 0 Å². The smallest absolute Gasteiger partial charge is 0.252 e. The van der Waals surface area contributed by atoms with Crippen LogP contribution in [-0.4, -0.2) is 4.98 Å². The van der Waals surface area contributed by atoms with Crippen LogP contribution in [0.1, 0.15) is 44.0 Å². The second-order valence-electron chi connectivity index (χ2n) is 3.64. The van der Waals surface area contributed by atoms with Crippen molar-refractivity contribution in [2.75, 3.05) is 0 Å². The molecule has 1 heterocycles. The van der Waals surface area contributed by atoms with Gasteiger partial charge in [-0.25, -0.2) is 0 Å². The Morgan fingerprint density at radius 3 is 2.31 bits per heavy atom. The highest BCUT2D eigenvalue weighted by Gasteiger charge is 2.06. The van der Waals surface area contributed by atoms with Crippen LogP contribution in [0.25, 0.3) is 0 Å². The molecule has 0 fully saturated rings. The largest absolute Gasteiger partial charge is 0.326 e. The average molecular weight is 180 g/mol. The van der Waals surface area contributed by atoms with Crippen LogP contribution in [0.3, 0.4) is 0 Å². The zero-order valence-electron chi connectivity index (χ0n) is 8.29. The van der Waals surface area contributed by atoms with E-state index >= 15 is 0 Å². The van der Waals surface area contributed by atoms with Gasteiger partial charge in [0.15, 0.2) is 0 Å². The number of aromatic amines is 1. The zero-order chi connectivity index (χ0) is 10.0. The number of aromatic nitrogens is 1. The molecule has 0 aliphatic carbocycles. The van der Waals surface area contributed by atoms with Crippen molar-refractivity contribution in [1.82, 2.24) is 4.98 Å². The topological polar surface area (TPSA) is 58.9 Å². The number of pyridine rings is 1. The Morgan fingerprint density at radius 2 is 1.92 bits per heavy atom. The summed E-state index contributed by atoms with van der Waals surface area (Å²) in [5.74, 6) is 0.342. The van der Waals surface area contributed by atoms with Crippen molar-refractivity contribution in [1.29, 1.82) is 0 Å². The van der Waals surface area contributed by atoms with Crippen molar-refractivity contribution >= 4 is 0 Å². The summed E-state index contributed by atoms with van der Waals surface area (Å²) in [6.07, 6.45) is 0. The Labute approximate surface area is 78.0 Å². The standard InChI is InChI=1S/C10H16N2O/c1-6(2)9-5-4-8(7(3)11)10(13)12-9/h4-7H,11H2,1-3H3,(H,12,13). The van der Waals surface area contributed by atoms with E-state index < -0.39 is 0 Å². The lowest BCUT2D eigenvalue weighted by molar-refractivity contribution is 0.770. The van der Waals surface area contributed by atoms with Crippen LogP contribution in [-0.2, 0) is 0 Å². The van der Waals surface area contributed by atoms with Crippen molar-refractivity contribution in [2.45, 2.75) is 32.7 Å². The minimum Gasteiger partial charge on any atom is -0.326 e. The van der Waals surface area contributed by atoms with Gasteiger partial charge < -0.3 is 10.7 Å². The van der Waals surface area contributed by atoms with E-state index in [4.69, 9.17) is 5.73 Å². The third-order valence-corrected chi connectivity index (χ3v) is 2.08.